The number of esters is 1. The normalized spacial score (nSPS) is 10.2. The monoisotopic (exact) mass is 176 g/mol. The summed E-state index contributed by atoms with van der Waals surface area (Å²) in [5.74, 6) is -0.252. The fraction of sp³-hybridized carbons (Fsp3) is 0.182. The first-order chi connectivity index (χ1) is 6.29. The van der Waals surface area contributed by atoms with Crippen LogP contribution in [0.4, 0.5) is 0 Å². The van der Waals surface area contributed by atoms with Crippen molar-refractivity contribution in [1.82, 2.24) is 0 Å². The molecule has 68 valence electrons. The Hall–Kier alpha value is -1.57. The summed E-state index contributed by atoms with van der Waals surface area (Å²) in [5.41, 5.74) is 1.11. The predicted molar refractivity (Wildman–Crippen MR) is 52.1 cm³/mol. The van der Waals surface area contributed by atoms with E-state index in [-0.39, 0.29) is 5.97 Å². The Morgan fingerprint density at radius 1 is 1.38 bits per heavy atom. The van der Waals surface area contributed by atoms with E-state index in [1.807, 2.05) is 42.5 Å². The van der Waals surface area contributed by atoms with Gasteiger partial charge in [0.05, 0.1) is 0 Å². The lowest BCUT2D eigenvalue weighted by atomic mass is 10.2. The molecule has 0 aliphatic heterocycles. The highest BCUT2D eigenvalue weighted by atomic mass is 16.5. The van der Waals surface area contributed by atoms with Gasteiger partial charge in [0, 0.05) is 6.92 Å². The molecular formula is C11H12O2. The standard InChI is InChI=1S/C11H12O2/c1-10(12)13-9-5-8-11-6-3-2-4-7-11/h2-8H,9H2,1H3. The summed E-state index contributed by atoms with van der Waals surface area (Å²) in [7, 11) is 0. The highest BCUT2D eigenvalue weighted by Crippen LogP contribution is 2.00. The van der Waals surface area contributed by atoms with Crippen LogP contribution in [0.25, 0.3) is 6.08 Å². The van der Waals surface area contributed by atoms with E-state index >= 15 is 0 Å². The molecule has 2 heteroatoms. The molecule has 0 aliphatic carbocycles. The molecule has 0 spiro atoms. The van der Waals surface area contributed by atoms with Crippen LogP contribution in [0.2, 0.25) is 0 Å². The Morgan fingerprint density at radius 3 is 2.69 bits per heavy atom. The molecule has 1 aromatic rings. The van der Waals surface area contributed by atoms with Crippen LogP contribution >= 0.6 is 0 Å². The zero-order valence-electron chi connectivity index (χ0n) is 7.57. The number of hydrogen-bond acceptors (Lipinski definition) is 2. The molecule has 0 N–H and O–H groups in total. The molecule has 13 heavy (non-hydrogen) atoms. The number of hydrogen-bond donors (Lipinski definition) is 0. The van der Waals surface area contributed by atoms with Gasteiger partial charge in [-0.15, -0.1) is 0 Å². The molecule has 1 rings (SSSR count). The second kappa shape index (κ2) is 5.14. The maximum Gasteiger partial charge on any atom is 0.302 e. The highest BCUT2D eigenvalue weighted by molar-refractivity contribution is 5.66. The van der Waals surface area contributed by atoms with Gasteiger partial charge in [0.15, 0.2) is 0 Å². The Morgan fingerprint density at radius 2 is 2.08 bits per heavy atom. The van der Waals surface area contributed by atoms with Crippen LogP contribution in [0.15, 0.2) is 36.4 Å². The van der Waals surface area contributed by atoms with Gasteiger partial charge in [0.2, 0.25) is 0 Å². The van der Waals surface area contributed by atoms with Crippen molar-refractivity contribution in [2.75, 3.05) is 6.61 Å². The summed E-state index contributed by atoms with van der Waals surface area (Å²) < 4.78 is 4.74. The number of rotatable bonds is 3. The van der Waals surface area contributed by atoms with Crippen LogP contribution in [0, 0.1) is 0 Å². The average Bonchev–Trinajstić information content (AvgIpc) is 2.14. The molecule has 2 nitrogen and oxygen atoms in total. The molecule has 0 atom stereocenters. The molecule has 0 aliphatic rings. The zero-order valence-corrected chi connectivity index (χ0v) is 7.57. The second-order valence-electron chi connectivity index (χ2n) is 2.62. The molecule has 0 heterocycles. The zero-order chi connectivity index (χ0) is 9.52. The first-order valence-corrected chi connectivity index (χ1v) is 4.14. The summed E-state index contributed by atoms with van der Waals surface area (Å²) in [4.78, 5) is 10.4. The van der Waals surface area contributed by atoms with Crippen molar-refractivity contribution in [1.29, 1.82) is 0 Å². The minimum atomic E-state index is -0.252. The third-order valence-corrected chi connectivity index (χ3v) is 1.49. The minimum absolute atomic E-state index is 0.252. The average molecular weight is 176 g/mol. The van der Waals surface area contributed by atoms with Gasteiger partial charge in [-0.05, 0) is 11.6 Å². The third-order valence-electron chi connectivity index (χ3n) is 1.49. The molecule has 0 unspecified atom stereocenters. The van der Waals surface area contributed by atoms with Crippen molar-refractivity contribution in [3.63, 3.8) is 0 Å². The summed E-state index contributed by atoms with van der Waals surface area (Å²) >= 11 is 0. The van der Waals surface area contributed by atoms with Gasteiger partial charge in [-0.25, -0.2) is 0 Å². The van der Waals surface area contributed by atoms with Crippen LogP contribution in [-0.4, -0.2) is 12.6 Å². The van der Waals surface area contributed by atoms with Crippen molar-refractivity contribution in [3.8, 4) is 0 Å². The van der Waals surface area contributed by atoms with Gasteiger partial charge in [0.1, 0.15) is 6.61 Å². The summed E-state index contributed by atoms with van der Waals surface area (Å²) in [6.07, 6.45) is 3.74. The molecule has 0 bridgehead atoms. The summed E-state index contributed by atoms with van der Waals surface area (Å²) in [6, 6.07) is 9.87. The Kier molecular flexibility index (Phi) is 3.76. The topological polar surface area (TPSA) is 26.3 Å². The van der Waals surface area contributed by atoms with Gasteiger partial charge in [-0.1, -0.05) is 36.4 Å². The van der Waals surface area contributed by atoms with Crippen LogP contribution in [0.5, 0.6) is 0 Å². The summed E-state index contributed by atoms with van der Waals surface area (Å²) in [6.45, 7) is 1.74. The minimum Gasteiger partial charge on any atom is -0.462 e. The molecule has 0 radical (unpaired) electrons. The SMILES string of the molecule is CC(=O)OCC=Cc1ccccc1. The number of benzene rings is 1. The van der Waals surface area contributed by atoms with Gasteiger partial charge in [-0.2, -0.15) is 0 Å². The first-order valence-electron chi connectivity index (χ1n) is 4.14. The molecular weight excluding hydrogens is 164 g/mol. The van der Waals surface area contributed by atoms with Crippen LogP contribution < -0.4 is 0 Å². The van der Waals surface area contributed by atoms with E-state index in [0.29, 0.717) is 6.61 Å². The van der Waals surface area contributed by atoms with Crippen LogP contribution in [0.1, 0.15) is 12.5 Å². The Labute approximate surface area is 77.8 Å². The van der Waals surface area contributed by atoms with E-state index in [0.717, 1.165) is 5.56 Å². The van der Waals surface area contributed by atoms with Crippen molar-refractivity contribution in [2.45, 2.75) is 6.92 Å². The molecule has 0 aromatic heterocycles. The van der Waals surface area contributed by atoms with Crippen LogP contribution in [-0.2, 0) is 9.53 Å². The molecule has 0 saturated heterocycles. The Bertz CT molecular complexity index is 288. The second-order valence-corrected chi connectivity index (χ2v) is 2.62. The van der Waals surface area contributed by atoms with Gasteiger partial charge in [0.25, 0.3) is 0 Å². The maximum atomic E-state index is 10.4. The molecule has 0 fully saturated rings. The lowest BCUT2D eigenvalue weighted by Gasteiger charge is -1.94. The number of carbonyl (C=O) groups excluding carboxylic acids is 1. The van der Waals surface area contributed by atoms with E-state index in [4.69, 9.17) is 4.74 Å². The van der Waals surface area contributed by atoms with Crippen LogP contribution in [0.3, 0.4) is 0 Å². The molecule has 0 saturated carbocycles. The summed E-state index contributed by atoms with van der Waals surface area (Å²) in [5, 5.41) is 0. The van der Waals surface area contributed by atoms with Gasteiger partial charge in [-0.3, -0.25) is 4.79 Å². The number of ether oxygens (including phenoxy) is 1. The van der Waals surface area contributed by atoms with Gasteiger partial charge >= 0.3 is 5.97 Å². The van der Waals surface area contributed by atoms with E-state index in [2.05, 4.69) is 0 Å². The molecule has 0 amide bonds. The van der Waals surface area contributed by atoms with Crippen molar-refractivity contribution in [3.05, 3.63) is 42.0 Å². The van der Waals surface area contributed by atoms with E-state index in [9.17, 15) is 4.79 Å². The number of carbonyl (C=O) groups is 1. The fourth-order valence-electron chi connectivity index (χ4n) is 0.914. The van der Waals surface area contributed by atoms with Crippen molar-refractivity contribution < 1.29 is 9.53 Å². The van der Waals surface area contributed by atoms with E-state index in [1.54, 1.807) is 0 Å². The van der Waals surface area contributed by atoms with Crippen molar-refractivity contribution in [2.24, 2.45) is 0 Å². The molecule has 1 aromatic carbocycles. The van der Waals surface area contributed by atoms with E-state index in [1.165, 1.54) is 6.92 Å². The predicted octanol–water partition coefficient (Wildman–Crippen LogP) is 2.26. The van der Waals surface area contributed by atoms with Crippen molar-refractivity contribution >= 4 is 12.0 Å². The van der Waals surface area contributed by atoms with E-state index < -0.39 is 0 Å². The van der Waals surface area contributed by atoms with Gasteiger partial charge < -0.3 is 4.74 Å². The largest absolute Gasteiger partial charge is 0.462 e. The third kappa shape index (κ3) is 4.11. The lowest BCUT2D eigenvalue weighted by Crippen LogP contribution is -1.97. The first kappa shape index (κ1) is 9.52. The maximum absolute atomic E-state index is 10.4. The smallest absolute Gasteiger partial charge is 0.302 e. The lowest BCUT2D eigenvalue weighted by molar-refractivity contribution is -0.139. The quantitative estimate of drug-likeness (QED) is 0.660. The highest BCUT2D eigenvalue weighted by Gasteiger charge is 1.87. The Balaban J connectivity index is 2.37. The fourth-order valence-corrected chi connectivity index (χ4v) is 0.914.